The van der Waals surface area contributed by atoms with Crippen molar-refractivity contribution in [2.24, 2.45) is 5.90 Å². The fourth-order valence-corrected chi connectivity index (χ4v) is 4.86. The molecule has 0 unspecified atom stereocenters. The summed E-state index contributed by atoms with van der Waals surface area (Å²) in [6.07, 6.45) is 6.71. The monoisotopic (exact) mass is 493 g/mol. The van der Waals surface area contributed by atoms with Crippen LogP contribution < -0.4 is 15.5 Å². The number of hydrogen-bond acceptors (Lipinski definition) is 6. The Morgan fingerprint density at radius 1 is 0.892 bits per heavy atom. The molecule has 4 aromatic rings. The van der Waals surface area contributed by atoms with Crippen LogP contribution in [0.5, 0.6) is 5.75 Å². The maximum absolute atomic E-state index is 11.3. The number of para-hydroxylation sites is 1. The van der Waals surface area contributed by atoms with Crippen LogP contribution >= 0.6 is 0 Å². The molecular weight excluding hydrogens is 462 g/mol. The van der Waals surface area contributed by atoms with Crippen molar-refractivity contribution >= 4 is 11.7 Å². The number of nitrogens with zero attached hydrogens (tertiary/aromatic N) is 2. The fourth-order valence-electron chi connectivity index (χ4n) is 4.86. The first kappa shape index (κ1) is 24.5. The Morgan fingerprint density at radius 2 is 1.68 bits per heavy atom. The topological polar surface area (TPSA) is 77.7 Å². The van der Waals surface area contributed by atoms with E-state index in [1.54, 1.807) is 0 Å². The molecule has 0 atom stereocenters. The predicted octanol–water partition coefficient (Wildman–Crippen LogP) is 5.63. The third-order valence-corrected chi connectivity index (χ3v) is 6.75. The number of pyridine rings is 1. The molecule has 0 fully saturated rings. The molecule has 0 aliphatic carbocycles. The third kappa shape index (κ3) is 6.16. The second-order valence-electron chi connectivity index (χ2n) is 9.32. The van der Waals surface area contributed by atoms with Gasteiger partial charge in [0.05, 0.1) is 12.1 Å². The summed E-state index contributed by atoms with van der Waals surface area (Å²) in [6.45, 7) is 2.30. The number of rotatable bonds is 9. The molecule has 0 saturated heterocycles. The number of anilines is 1. The Kier molecular flexibility index (Phi) is 7.77. The molecule has 6 heteroatoms. The molecule has 1 aromatic heterocycles. The van der Waals surface area contributed by atoms with E-state index in [2.05, 4.69) is 57.2 Å². The molecule has 0 amide bonds. The Morgan fingerprint density at radius 3 is 2.49 bits per heavy atom. The first-order chi connectivity index (χ1) is 18.2. The van der Waals surface area contributed by atoms with Gasteiger partial charge in [-0.2, -0.15) is 5.90 Å². The molecule has 37 heavy (non-hydrogen) atoms. The van der Waals surface area contributed by atoms with Gasteiger partial charge in [0.2, 0.25) is 0 Å². The van der Waals surface area contributed by atoms with E-state index in [0.717, 1.165) is 42.8 Å². The zero-order valence-corrected chi connectivity index (χ0v) is 20.8. The van der Waals surface area contributed by atoms with E-state index < -0.39 is 5.97 Å². The first-order valence-electron chi connectivity index (χ1n) is 12.7. The predicted molar refractivity (Wildman–Crippen MR) is 145 cm³/mol. The Balaban J connectivity index is 1.29. The first-order valence-corrected chi connectivity index (χ1v) is 12.7. The van der Waals surface area contributed by atoms with Crippen molar-refractivity contribution in [2.75, 3.05) is 11.4 Å². The number of benzene rings is 3. The van der Waals surface area contributed by atoms with Gasteiger partial charge in [0.15, 0.2) is 0 Å². The maximum atomic E-state index is 11.3. The van der Waals surface area contributed by atoms with Gasteiger partial charge in [0.1, 0.15) is 12.4 Å². The summed E-state index contributed by atoms with van der Waals surface area (Å²) in [5.41, 5.74) is 8.30. The van der Waals surface area contributed by atoms with Crippen LogP contribution in [0.1, 0.15) is 35.1 Å². The van der Waals surface area contributed by atoms with Crippen LogP contribution in [0.2, 0.25) is 0 Å². The van der Waals surface area contributed by atoms with E-state index >= 15 is 0 Å². The van der Waals surface area contributed by atoms with E-state index in [1.807, 2.05) is 48.8 Å². The lowest BCUT2D eigenvalue weighted by molar-refractivity contribution is -0.144. The zero-order chi connectivity index (χ0) is 25.5. The lowest BCUT2D eigenvalue weighted by atomic mass is 9.99. The average molecular weight is 494 g/mol. The second-order valence-corrected chi connectivity index (χ2v) is 9.32. The lowest BCUT2D eigenvalue weighted by Gasteiger charge is -2.33. The molecular formula is C31H31N3O3. The molecule has 1 aliphatic rings. The van der Waals surface area contributed by atoms with E-state index in [0.29, 0.717) is 13.0 Å². The van der Waals surface area contributed by atoms with Crippen molar-refractivity contribution in [1.82, 2.24) is 4.98 Å². The number of hydrogen-bond donors (Lipinski definition) is 1. The number of aromatic nitrogens is 1. The van der Waals surface area contributed by atoms with Crippen molar-refractivity contribution in [3.05, 3.63) is 114 Å². The van der Waals surface area contributed by atoms with Gasteiger partial charge in [-0.25, -0.2) is 0 Å². The molecule has 5 rings (SSSR count). The van der Waals surface area contributed by atoms with Gasteiger partial charge in [-0.05, 0) is 76.9 Å². The van der Waals surface area contributed by atoms with Gasteiger partial charge >= 0.3 is 5.97 Å². The number of ether oxygens (including phenoxy) is 1. The second kappa shape index (κ2) is 11.7. The smallest absolute Gasteiger partial charge is 0.324 e. The summed E-state index contributed by atoms with van der Waals surface area (Å²) in [4.78, 5) is 22.1. The largest absolute Gasteiger partial charge is 0.487 e. The molecule has 188 valence electrons. The molecule has 0 radical (unpaired) electrons. The van der Waals surface area contributed by atoms with E-state index in [-0.39, 0.29) is 6.42 Å². The van der Waals surface area contributed by atoms with E-state index in [4.69, 9.17) is 10.6 Å². The van der Waals surface area contributed by atoms with Gasteiger partial charge in [-0.15, -0.1) is 0 Å². The van der Waals surface area contributed by atoms with Crippen molar-refractivity contribution in [1.29, 1.82) is 0 Å². The van der Waals surface area contributed by atoms with E-state index in [1.165, 1.54) is 27.9 Å². The third-order valence-electron chi connectivity index (χ3n) is 6.75. The Bertz CT molecular complexity index is 1340. The fraction of sp³-hybridized carbons (Fsp3) is 0.226. The minimum absolute atomic E-state index is 0.268. The quantitative estimate of drug-likeness (QED) is 0.305. The zero-order valence-electron chi connectivity index (χ0n) is 20.8. The average Bonchev–Trinajstić information content (AvgIpc) is 2.96. The van der Waals surface area contributed by atoms with Crippen molar-refractivity contribution in [3.63, 3.8) is 0 Å². The number of carbonyl (C=O) groups is 1. The van der Waals surface area contributed by atoms with Crippen LogP contribution in [-0.4, -0.2) is 17.5 Å². The highest BCUT2D eigenvalue weighted by Crippen LogP contribution is 2.38. The van der Waals surface area contributed by atoms with Crippen LogP contribution in [0.3, 0.4) is 0 Å². The van der Waals surface area contributed by atoms with Gasteiger partial charge in [0, 0.05) is 25.5 Å². The summed E-state index contributed by atoms with van der Waals surface area (Å²) in [5, 5.41) is 0. The molecule has 0 spiro atoms. The molecule has 6 nitrogen and oxygen atoms in total. The number of carbonyl (C=O) groups excluding carboxylic acids is 1. The van der Waals surface area contributed by atoms with Crippen molar-refractivity contribution in [2.45, 2.75) is 38.8 Å². The summed E-state index contributed by atoms with van der Waals surface area (Å²) < 4.78 is 6.37. The number of aryl methyl sites for hydroxylation is 2. The SMILES string of the molecule is NOC(=O)CCc1ccc(COc2cccc3c2N(Cc2cccc(-c4ccncc4)c2)CCC3)cc1. The van der Waals surface area contributed by atoms with Gasteiger partial charge < -0.3 is 14.5 Å². The van der Waals surface area contributed by atoms with Crippen LogP contribution in [0.15, 0.2) is 91.3 Å². The molecule has 1 aliphatic heterocycles. The Hall–Kier alpha value is -4.16. The van der Waals surface area contributed by atoms with Crippen molar-refractivity contribution < 1.29 is 14.4 Å². The Labute approximate surface area is 217 Å². The van der Waals surface area contributed by atoms with Crippen LogP contribution in [0, 0.1) is 0 Å². The summed E-state index contributed by atoms with van der Waals surface area (Å²) in [5.74, 6) is 5.42. The number of fused-ring (bicyclic) bond motifs is 1. The summed E-state index contributed by atoms with van der Waals surface area (Å²) in [7, 11) is 0. The summed E-state index contributed by atoms with van der Waals surface area (Å²) in [6, 6.07) is 27.3. The normalized spacial score (nSPS) is 12.6. The minimum atomic E-state index is -0.407. The van der Waals surface area contributed by atoms with Gasteiger partial charge in [0.25, 0.3) is 0 Å². The van der Waals surface area contributed by atoms with Gasteiger partial charge in [-0.1, -0.05) is 54.6 Å². The molecule has 3 aromatic carbocycles. The summed E-state index contributed by atoms with van der Waals surface area (Å²) >= 11 is 0. The highest BCUT2D eigenvalue weighted by atomic mass is 16.7. The highest BCUT2D eigenvalue weighted by Gasteiger charge is 2.21. The number of nitrogens with two attached hydrogens (primary N) is 1. The standard InChI is InChI=1S/C31H31N3O3/c32-37-30(35)14-13-23-9-11-24(12-10-23)22-36-29-8-2-5-27-7-3-19-34(31(27)29)21-25-4-1-6-28(20-25)26-15-17-33-18-16-26/h1-2,4-6,8-12,15-18,20H,3,7,13-14,19,21-22,32H2. The molecule has 2 heterocycles. The van der Waals surface area contributed by atoms with E-state index in [9.17, 15) is 4.79 Å². The van der Waals surface area contributed by atoms with Crippen molar-refractivity contribution in [3.8, 4) is 16.9 Å². The molecule has 0 saturated carbocycles. The maximum Gasteiger partial charge on any atom is 0.324 e. The highest BCUT2D eigenvalue weighted by molar-refractivity contribution is 5.69. The van der Waals surface area contributed by atoms with Crippen LogP contribution in [-0.2, 0) is 35.6 Å². The van der Waals surface area contributed by atoms with Crippen LogP contribution in [0.25, 0.3) is 11.1 Å². The lowest BCUT2D eigenvalue weighted by Crippen LogP contribution is -2.29. The minimum Gasteiger partial charge on any atom is -0.487 e. The molecule has 2 N–H and O–H groups in total. The van der Waals surface area contributed by atoms with Gasteiger partial charge in [-0.3, -0.25) is 9.78 Å². The molecule has 0 bridgehead atoms. The van der Waals surface area contributed by atoms with Crippen LogP contribution in [0.4, 0.5) is 5.69 Å².